The van der Waals surface area contributed by atoms with Crippen molar-refractivity contribution in [3.8, 4) is 11.5 Å². The number of carbonyl (C=O) groups is 1. The monoisotopic (exact) mass is 390 g/mol. The van der Waals surface area contributed by atoms with E-state index in [0.29, 0.717) is 44.5 Å². The van der Waals surface area contributed by atoms with Crippen LogP contribution >= 0.6 is 0 Å². The van der Waals surface area contributed by atoms with E-state index in [0.717, 1.165) is 18.4 Å². The molecule has 4 rings (SSSR count). The Kier molecular flexibility index (Phi) is 5.89. The molecular weight excluding hydrogens is 364 g/mol. The predicted molar refractivity (Wildman–Crippen MR) is 113 cm³/mol. The van der Waals surface area contributed by atoms with Crippen molar-refractivity contribution < 1.29 is 9.21 Å². The molecular formula is C23H26N4O2. The number of hydrogen-bond acceptors (Lipinski definition) is 5. The number of amides is 1. The third-order valence-electron chi connectivity index (χ3n) is 5.40. The first-order valence-corrected chi connectivity index (χ1v) is 10.2. The minimum atomic E-state index is 0.208. The zero-order valence-corrected chi connectivity index (χ0v) is 16.8. The molecule has 0 unspecified atom stereocenters. The number of anilines is 1. The molecule has 150 valence electrons. The van der Waals surface area contributed by atoms with Crippen molar-refractivity contribution in [2.24, 2.45) is 0 Å². The molecule has 1 amide bonds. The molecule has 0 spiro atoms. The number of aryl methyl sites for hydroxylation is 2. The van der Waals surface area contributed by atoms with Crippen molar-refractivity contribution >= 4 is 11.9 Å². The van der Waals surface area contributed by atoms with Gasteiger partial charge < -0.3 is 14.2 Å². The molecule has 1 aliphatic rings. The lowest BCUT2D eigenvalue weighted by molar-refractivity contribution is -0.131. The Morgan fingerprint density at radius 3 is 2.31 bits per heavy atom. The van der Waals surface area contributed by atoms with Crippen molar-refractivity contribution in [1.82, 2.24) is 15.1 Å². The van der Waals surface area contributed by atoms with E-state index in [4.69, 9.17) is 4.42 Å². The Morgan fingerprint density at radius 1 is 0.931 bits per heavy atom. The van der Waals surface area contributed by atoms with Crippen molar-refractivity contribution in [2.45, 2.75) is 26.2 Å². The van der Waals surface area contributed by atoms with Gasteiger partial charge in [0.05, 0.1) is 0 Å². The van der Waals surface area contributed by atoms with Crippen LogP contribution in [0.15, 0.2) is 59.0 Å². The average Bonchev–Trinajstić information content (AvgIpc) is 3.29. The Labute approximate surface area is 171 Å². The maximum absolute atomic E-state index is 12.6. The second-order valence-corrected chi connectivity index (χ2v) is 7.29. The van der Waals surface area contributed by atoms with E-state index in [2.05, 4.69) is 41.4 Å². The summed E-state index contributed by atoms with van der Waals surface area (Å²) in [4.78, 5) is 16.6. The van der Waals surface area contributed by atoms with Gasteiger partial charge in [-0.2, -0.15) is 0 Å². The maximum atomic E-state index is 12.6. The molecule has 1 saturated heterocycles. The molecule has 0 N–H and O–H groups in total. The standard InChI is InChI=1S/C23H26N4O2/c1-2-18-8-10-19(11-9-18)12-13-21(28)26-14-16-27(17-15-26)23-25-24-22(29-23)20-6-4-3-5-7-20/h3-11H,2,12-17H2,1H3. The molecule has 0 radical (unpaired) electrons. The first-order chi connectivity index (χ1) is 14.2. The van der Waals surface area contributed by atoms with Crippen molar-refractivity contribution in [3.05, 3.63) is 65.7 Å². The molecule has 0 saturated carbocycles. The van der Waals surface area contributed by atoms with Crippen LogP contribution in [-0.2, 0) is 17.6 Å². The molecule has 1 aliphatic heterocycles. The summed E-state index contributed by atoms with van der Waals surface area (Å²) in [6.45, 7) is 4.91. The fourth-order valence-electron chi connectivity index (χ4n) is 3.54. The van der Waals surface area contributed by atoms with Gasteiger partial charge in [-0.3, -0.25) is 4.79 Å². The van der Waals surface area contributed by atoms with E-state index < -0.39 is 0 Å². The van der Waals surface area contributed by atoms with Crippen LogP contribution in [0.25, 0.3) is 11.5 Å². The molecule has 2 aromatic carbocycles. The number of rotatable bonds is 6. The second kappa shape index (κ2) is 8.90. The van der Waals surface area contributed by atoms with Gasteiger partial charge in [-0.1, -0.05) is 54.5 Å². The van der Waals surface area contributed by atoms with Gasteiger partial charge in [0.15, 0.2) is 0 Å². The van der Waals surface area contributed by atoms with E-state index in [9.17, 15) is 4.79 Å². The molecule has 29 heavy (non-hydrogen) atoms. The van der Waals surface area contributed by atoms with E-state index in [1.807, 2.05) is 40.1 Å². The quantitative estimate of drug-likeness (QED) is 0.644. The highest BCUT2D eigenvalue weighted by Gasteiger charge is 2.24. The average molecular weight is 390 g/mol. The summed E-state index contributed by atoms with van der Waals surface area (Å²) < 4.78 is 5.83. The summed E-state index contributed by atoms with van der Waals surface area (Å²) in [6, 6.07) is 18.8. The fraction of sp³-hybridized carbons (Fsp3) is 0.348. The van der Waals surface area contributed by atoms with Gasteiger partial charge in [0.1, 0.15) is 0 Å². The zero-order chi connectivity index (χ0) is 20.1. The maximum Gasteiger partial charge on any atom is 0.318 e. The fourth-order valence-corrected chi connectivity index (χ4v) is 3.54. The Balaban J connectivity index is 1.27. The van der Waals surface area contributed by atoms with E-state index in [1.54, 1.807) is 0 Å². The van der Waals surface area contributed by atoms with Gasteiger partial charge in [0, 0.05) is 38.2 Å². The van der Waals surface area contributed by atoms with Crippen molar-refractivity contribution in [1.29, 1.82) is 0 Å². The molecule has 0 aliphatic carbocycles. The molecule has 0 bridgehead atoms. The third kappa shape index (κ3) is 4.65. The van der Waals surface area contributed by atoms with E-state index in [1.165, 1.54) is 11.1 Å². The first kappa shape index (κ1) is 19.2. The summed E-state index contributed by atoms with van der Waals surface area (Å²) in [5.41, 5.74) is 3.45. The first-order valence-electron chi connectivity index (χ1n) is 10.2. The van der Waals surface area contributed by atoms with Crippen molar-refractivity contribution in [3.63, 3.8) is 0 Å². The summed E-state index contributed by atoms with van der Waals surface area (Å²) in [6.07, 6.45) is 2.37. The minimum Gasteiger partial charge on any atom is -0.403 e. The van der Waals surface area contributed by atoms with Crippen molar-refractivity contribution in [2.75, 3.05) is 31.1 Å². The highest BCUT2D eigenvalue weighted by atomic mass is 16.4. The molecule has 3 aromatic rings. The summed E-state index contributed by atoms with van der Waals surface area (Å²) >= 11 is 0. The van der Waals surface area contributed by atoms with E-state index in [-0.39, 0.29) is 5.91 Å². The summed E-state index contributed by atoms with van der Waals surface area (Å²) in [7, 11) is 0. The van der Waals surface area contributed by atoms with E-state index >= 15 is 0 Å². The zero-order valence-electron chi connectivity index (χ0n) is 16.8. The normalized spacial score (nSPS) is 14.2. The lowest BCUT2D eigenvalue weighted by Gasteiger charge is -2.33. The van der Waals surface area contributed by atoms with Gasteiger partial charge in [0.2, 0.25) is 11.8 Å². The second-order valence-electron chi connectivity index (χ2n) is 7.29. The summed E-state index contributed by atoms with van der Waals surface area (Å²) in [5, 5.41) is 8.33. The number of aromatic nitrogens is 2. The number of piperazine rings is 1. The predicted octanol–water partition coefficient (Wildman–Crippen LogP) is 3.58. The van der Waals surface area contributed by atoms with Gasteiger partial charge in [-0.25, -0.2) is 0 Å². The molecule has 1 aromatic heterocycles. The third-order valence-corrected chi connectivity index (χ3v) is 5.40. The largest absolute Gasteiger partial charge is 0.403 e. The Hall–Kier alpha value is -3.15. The van der Waals surface area contributed by atoms with Gasteiger partial charge in [-0.15, -0.1) is 5.10 Å². The van der Waals surface area contributed by atoms with Crippen LogP contribution in [0.3, 0.4) is 0 Å². The van der Waals surface area contributed by atoms with Gasteiger partial charge >= 0.3 is 6.01 Å². The minimum absolute atomic E-state index is 0.208. The van der Waals surface area contributed by atoms with Crippen LogP contribution in [0.4, 0.5) is 6.01 Å². The Bertz CT molecular complexity index is 929. The highest BCUT2D eigenvalue weighted by Crippen LogP contribution is 2.22. The van der Waals surface area contributed by atoms with Crippen LogP contribution < -0.4 is 4.90 Å². The molecule has 2 heterocycles. The molecule has 6 nitrogen and oxygen atoms in total. The smallest absolute Gasteiger partial charge is 0.318 e. The lowest BCUT2D eigenvalue weighted by atomic mass is 10.1. The number of benzene rings is 2. The number of nitrogens with zero attached hydrogens (tertiary/aromatic N) is 4. The lowest BCUT2D eigenvalue weighted by Crippen LogP contribution is -2.49. The van der Waals surface area contributed by atoms with Crippen LogP contribution in [0.5, 0.6) is 0 Å². The summed E-state index contributed by atoms with van der Waals surface area (Å²) in [5.74, 6) is 0.730. The topological polar surface area (TPSA) is 62.5 Å². The van der Waals surface area contributed by atoms with Crippen LogP contribution in [0, 0.1) is 0 Å². The SMILES string of the molecule is CCc1ccc(CCC(=O)N2CCN(c3nnc(-c4ccccc4)o3)CC2)cc1. The number of hydrogen-bond donors (Lipinski definition) is 0. The van der Waals surface area contributed by atoms with Crippen LogP contribution in [0.1, 0.15) is 24.5 Å². The van der Waals surface area contributed by atoms with Gasteiger partial charge in [-0.05, 0) is 36.1 Å². The molecule has 1 fully saturated rings. The molecule has 6 heteroatoms. The van der Waals surface area contributed by atoms with Gasteiger partial charge in [0.25, 0.3) is 0 Å². The van der Waals surface area contributed by atoms with Crippen LogP contribution in [0.2, 0.25) is 0 Å². The Morgan fingerprint density at radius 2 is 1.62 bits per heavy atom. The number of carbonyl (C=O) groups excluding carboxylic acids is 1. The van der Waals surface area contributed by atoms with Crippen LogP contribution in [-0.4, -0.2) is 47.2 Å². The molecule has 0 atom stereocenters. The highest BCUT2D eigenvalue weighted by molar-refractivity contribution is 5.76.